The third-order valence-corrected chi connectivity index (χ3v) is 3.09. The smallest absolute Gasteiger partial charge is 0.309 e. The Morgan fingerprint density at radius 2 is 2.33 bits per heavy atom. The van der Waals surface area contributed by atoms with Crippen LogP contribution in [0.3, 0.4) is 0 Å². The average Bonchev–Trinajstić information content (AvgIpc) is 2.62. The molecule has 0 spiro atoms. The minimum Gasteiger partial charge on any atom is -0.481 e. The van der Waals surface area contributed by atoms with Gasteiger partial charge in [-0.3, -0.25) is 9.48 Å². The summed E-state index contributed by atoms with van der Waals surface area (Å²) in [5, 5.41) is 22.3. The van der Waals surface area contributed by atoms with Crippen molar-refractivity contribution in [1.82, 2.24) is 9.78 Å². The molecule has 2 rings (SSSR count). The van der Waals surface area contributed by atoms with Gasteiger partial charge in [0.05, 0.1) is 11.5 Å². The van der Waals surface area contributed by atoms with Gasteiger partial charge >= 0.3 is 5.97 Å². The SMILES string of the molecule is O=C(O)C1(CCn2cccn2)CC(O)C1. The van der Waals surface area contributed by atoms with Gasteiger partial charge in [-0.25, -0.2) is 0 Å². The predicted octanol–water partition coefficient (Wildman–Crippen LogP) is 0.499. The van der Waals surface area contributed by atoms with E-state index in [9.17, 15) is 9.90 Å². The molecule has 15 heavy (non-hydrogen) atoms. The monoisotopic (exact) mass is 210 g/mol. The highest BCUT2D eigenvalue weighted by Crippen LogP contribution is 2.44. The highest BCUT2D eigenvalue weighted by Gasteiger charge is 2.49. The molecule has 1 fully saturated rings. The third-order valence-electron chi connectivity index (χ3n) is 3.09. The molecule has 0 amide bonds. The van der Waals surface area contributed by atoms with E-state index in [0.29, 0.717) is 25.8 Å². The van der Waals surface area contributed by atoms with Crippen LogP contribution in [-0.2, 0) is 11.3 Å². The fourth-order valence-electron chi connectivity index (χ4n) is 2.09. The lowest BCUT2D eigenvalue weighted by atomic mass is 9.65. The number of nitrogens with zero attached hydrogens (tertiary/aromatic N) is 2. The number of carbonyl (C=O) groups is 1. The molecule has 0 aromatic carbocycles. The Hall–Kier alpha value is -1.36. The van der Waals surface area contributed by atoms with Gasteiger partial charge in [0.25, 0.3) is 0 Å². The van der Waals surface area contributed by atoms with E-state index < -0.39 is 17.5 Å². The van der Waals surface area contributed by atoms with E-state index in [2.05, 4.69) is 5.10 Å². The Balaban J connectivity index is 1.94. The van der Waals surface area contributed by atoms with E-state index in [1.807, 2.05) is 12.3 Å². The summed E-state index contributed by atoms with van der Waals surface area (Å²) in [6.07, 6.45) is 4.29. The van der Waals surface area contributed by atoms with Crippen molar-refractivity contribution in [2.75, 3.05) is 0 Å². The number of aliphatic carboxylic acids is 1. The van der Waals surface area contributed by atoms with E-state index in [0.717, 1.165) is 0 Å². The lowest BCUT2D eigenvalue weighted by molar-refractivity contribution is -0.164. The minimum atomic E-state index is -0.806. The van der Waals surface area contributed by atoms with Crippen LogP contribution in [0.5, 0.6) is 0 Å². The number of aliphatic hydroxyl groups is 1. The fourth-order valence-corrected chi connectivity index (χ4v) is 2.09. The molecule has 82 valence electrons. The normalized spacial score (nSPS) is 29.8. The summed E-state index contributed by atoms with van der Waals surface area (Å²) in [6.45, 7) is 0.589. The second-order valence-electron chi connectivity index (χ2n) is 4.17. The molecule has 0 unspecified atom stereocenters. The first-order valence-corrected chi connectivity index (χ1v) is 5.01. The number of carboxylic acid groups (broad SMARTS) is 1. The summed E-state index contributed by atoms with van der Waals surface area (Å²) in [5.74, 6) is -0.806. The second kappa shape index (κ2) is 3.66. The Morgan fingerprint density at radius 3 is 2.80 bits per heavy atom. The quantitative estimate of drug-likeness (QED) is 0.758. The maximum absolute atomic E-state index is 11.1. The Kier molecular flexibility index (Phi) is 2.48. The lowest BCUT2D eigenvalue weighted by Crippen LogP contribution is -2.47. The molecule has 0 saturated heterocycles. The van der Waals surface area contributed by atoms with Gasteiger partial charge in [-0.15, -0.1) is 0 Å². The number of aromatic nitrogens is 2. The fraction of sp³-hybridized carbons (Fsp3) is 0.600. The molecule has 1 aliphatic carbocycles. The highest BCUT2D eigenvalue weighted by molar-refractivity contribution is 5.76. The summed E-state index contributed by atoms with van der Waals surface area (Å²) in [5.41, 5.74) is -0.731. The first-order chi connectivity index (χ1) is 7.12. The zero-order valence-corrected chi connectivity index (χ0v) is 8.33. The number of hydrogen-bond donors (Lipinski definition) is 2. The summed E-state index contributed by atoms with van der Waals surface area (Å²) < 4.78 is 1.72. The second-order valence-corrected chi connectivity index (χ2v) is 4.17. The molecular weight excluding hydrogens is 196 g/mol. The molecule has 5 nitrogen and oxygen atoms in total. The van der Waals surface area contributed by atoms with Crippen LogP contribution in [0.1, 0.15) is 19.3 Å². The first kappa shape index (κ1) is 10.2. The van der Waals surface area contributed by atoms with E-state index in [1.54, 1.807) is 10.9 Å². The van der Waals surface area contributed by atoms with Gasteiger partial charge in [0, 0.05) is 18.9 Å². The highest BCUT2D eigenvalue weighted by atomic mass is 16.4. The van der Waals surface area contributed by atoms with Crippen LogP contribution >= 0.6 is 0 Å². The van der Waals surface area contributed by atoms with Crippen LogP contribution in [-0.4, -0.2) is 32.1 Å². The molecule has 0 bridgehead atoms. The molecule has 2 N–H and O–H groups in total. The first-order valence-electron chi connectivity index (χ1n) is 5.01. The third kappa shape index (κ3) is 1.87. The van der Waals surface area contributed by atoms with Crippen LogP contribution in [0, 0.1) is 5.41 Å². The standard InChI is InChI=1S/C10H14N2O3/c13-8-6-10(7-8,9(14)15)2-5-12-4-1-3-11-12/h1,3-4,8,13H,2,5-7H2,(H,14,15). The van der Waals surface area contributed by atoms with Crippen molar-refractivity contribution in [3.63, 3.8) is 0 Å². The van der Waals surface area contributed by atoms with Gasteiger partial charge in [-0.1, -0.05) is 0 Å². The molecule has 0 radical (unpaired) electrons. The molecule has 0 aliphatic heterocycles. The van der Waals surface area contributed by atoms with E-state index in [1.165, 1.54) is 0 Å². The van der Waals surface area contributed by atoms with E-state index in [4.69, 9.17) is 5.11 Å². The summed E-state index contributed by atoms with van der Waals surface area (Å²) in [7, 11) is 0. The van der Waals surface area contributed by atoms with E-state index in [-0.39, 0.29) is 0 Å². The van der Waals surface area contributed by atoms with Crippen molar-refractivity contribution in [1.29, 1.82) is 0 Å². The van der Waals surface area contributed by atoms with Gasteiger partial charge in [0.15, 0.2) is 0 Å². The van der Waals surface area contributed by atoms with Crippen LogP contribution in [0.25, 0.3) is 0 Å². The van der Waals surface area contributed by atoms with Gasteiger partial charge in [0.2, 0.25) is 0 Å². The topological polar surface area (TPSA) is 75.3 Å². The van der Waals surface area contributed by atoms with Gasteiger partial charge in [-0.05, 0) is 25.3 Å². The zero-order valence-electron chi connectivity index (χ0n) is 8.33. The number of aryl methyl sites for hydroxylation is 1. The Morgan fingerprint density at radius 1 is 1.60 bits per heavy atom. The largest absolute Gasteiger partial charge is 0.481 e. The zero-order chi connectivity index (χ0) is 10.9. The summed E-state index contributed by atoms with van der Waals surface area (Å²) in [4.78, 5) is 11.1. The maximum atomic E-state index is 11.1. The van der Waals surface area contributed by atoms with Crippen LogP contribution in [0.2, 0.25) is 0 Å². The van der Waals surface area contributed by atoms with Crippen LogP contribution in [0.15, 0.2) is 18.5 Å². The van der Waals surface area contributed by atoms with Crippen molar-refractivity contribution in [2.24, 2.45) is 5.41 Å². The summed E-state index contributed by atoms with van der Waals surface area (Å²) >= 11 is 0. The van der Waals surface area contributed by atoms with Crippen molar-refractivity contribution in [2.45, 2.75) is 31.9 Å². The Labute approximate surface area is 87.3 Å². The number of aliphatic hydroxyl groups excluding tert-OH is 1. The molecule has 0 atom stereocenters. The number of carboxylic acids is 1. The average molecular weight is 210 g/mol. The number of rotatable bonds is 4. The Bertz CT molecular complexity index is 342. The molecular formula is C10H14N2O3. The molecule has 1 aliphatic rings. The van der Waals surface area contributed by atoms with E-state index >= 15 is 0 Å². The molecule has 1 heterocycles. The molecule has 1 aromatic rings. The van der Waals surface area contributed by atoms with Crippen molar-refractivity contribution >= 4 is 5.97 Å². The summed E-state index contributed by atoms with van der Waals surface area (Å²) in [6, 6.07) is 1.81. The molecule has 1 aromatic heterocycles. The van der Waals surface area contributed by atoms with Crippen molar-refractivity contribution in [3.05, 3.63) is 18.5 Å². The van der Waals surface area contributed by atoms with Crippen LogP contribution in [0.4, 0.5) is 0 Å². The maximum Gasteiger partial charge on any atom is 0.309 e. The van der Waals surface area contributed by atoms with Crippen molar-refractivity contribution in [3.8, 4) is 0 Å². The molecule has 5 heteroatoms. The predicted molar refractivity (Wildman–Crippen MR) is 52.2 cm³/mol. The number of hydrogen-bond acceptors (Lipinski definition) is 3. The van der Waals surface area contributed by atoms with Gasteiger partial charge < -0.3 is 10.2 Å². The lowest BCUT2D eigenvalue weighted by Gasteiger charge is -2.41. The van der Waals surface area contributed by atoms with Gasteiger partial charge in [0.1, 0.15) is 0 Å². The van der Waals surface area contributed by atoms with Crippen molar-refractivity contribution < 1.29 is 15.0 Å². The minimum absolute atomic E-state index is 0.365. The van der Waals surface area contributed by atoms with Gasteiger partial charge in [-0.2, -0.15) is 5.10 Å². The molecule has 1 saturated carbocycles. The van der Waals surface area contributed by atoms with Crippen LogP contribution < -0.4 is 0 Å².